The van der Waals surface area contributed by atoms with Gasteiger partial charge < -0.3 is 9.64 Å². The van der Waals surface area contributed by atoms with E-state index in [4.69, 9.17) is 16.3 Å². The molecule has 1 aromatic rings. The van der Waals surface area contributed by atoms with Crippen molar-refractivity contribution in [3.8, 4) is 5.75 Å². The molecule has 20 heavy (non-hydrogen) atoms. The Labute approximate surface area is 125 Å². The van der Waals surface area contributed by atoms with Gasteiger partial charge in [-0.2, -0.15) is 0 Å². The molecule has 0 aliphatic carbocycles. The molecule has 0 N–H and O–H groups in total. The van der Waals surface area contributed by atoms with Gasteiger partial charge >= 0.3 is 0 Å². The molecule has 0 radical (unpaired) electrons. The highest BCUT2D eigenvalue weighted by Crippen LogP contribution is 2.17. The molecule has 1 aliphatic rings. The van der Waals surface area contributed by atoms with Crippen molar-refractivity contribution >= 4 is 17.5 Å². The number of likely N-dealkylation sites (N-methyl/N-ethyl adjacent to an activating group) is 1. The van der Waals surface area contributed by atoms with E-state index in [1.807, 2.05) is 4.90 Å². The standard InChI is InChI=1S/C15H21ClN2O2/c1-11-8-18(9-12(2)17(11)3)15(19)10-20-14-6-4-13(16)5-7-14/h4-7,11-12H,8-10H2,1-3H3. The zero-order valence-corrected chi connectivity index (χ0v) is 12.9. The van der Waals surface area contributed by atoms with Crippen LogP contribution in [0.1, 0.15) is 13.8 Å². The van der Waals surface area contributed by atoms with Crippen LogP contribution in [-0.2, 0) is 4.79 Å². The third kappa shape index (κ3) is 3.64. The van der Waals surface area contributed by atoms with E-state index >= 15 is 0 Å². The molecule has 0 spiro atoms. The van der Waals surface area contributed by atoms with Gasteiger partial charge in [0.2, 0.25) is 0 Å². The highest BCUT2D eigenvalue weighted by molar-refractivity contribution is 6.30. The number of hydrogen-bond acceptors (Lipinski definition) is 3. The van der Waals surface area contributed by atoms with Crippen molar-refractivity contribution in [1.82, 2.24) is 9.80 Å². The molecule has 1 amide bonds. The smallest absolute Gasteiger partial charge is 0.260 e. The van der Waals surface area contributed by atoms with Crippen LogP contribution in [0.4, 0.5) is 0 Å². The van der Waals surface area contributed by atoms with Gasteiger partial charge in [0.25, 0.3) is 5.91 Å². The summed E-state index contributed by atoms with van der Waals surface area (Å²) in [6.07, 6.45) is 0. The number of amides is 1. The number of carbonyl (C=O) groups excluding carboxylic acids is 1. The number of benzene rings is 1. The minimum Gasteiger partial charge on any atom is -0.484 e. The average molecular weight is 297 g/mol. The van der Waals surface area contributed by atoms with Crippen LogP contribution in [0.3, 0.4) is 0 Å². The number of rotatable bonds is 3. The highest BCUT2D eigenvalue weighted by Gasteiger charge is 2.29. The summed E-state index contributed by atoms with van der Waals surface area (Å²) < 4.78 is 5.51. The summed E-state index contributed by atoms with van der Waals surface area (Å²) in [6, 6.07) is 7.79. The Balaban J connectivity index is 1.87. The quantitative estimate of drug-likeness (QED) is 0.858. The Bertz CT molecular complexity index is 451. The topological polar surface area (TPSA) is 32.8 Å². The average Bonchev–Trinajstić information content (AvgIpc) is 2.43. The number of hydrogen-bond donors (Lipinski definition) is 0. The first-order chi connectivity index (χ1) is 9.47. The molecule has 2 atom stereocenters. The number of halogens is 1. The Hall–Kier alpha value is -1.26. The second kappa shape index (κ2) is 6.46. The van der Waals surface area contributed by atoms with Crippen LogP contribution in [0.15, 0.2) is 24.3 Å². The monoisotopic (exact) mass is 296 g/mol. The van der Waals surface area contributed by atoms with Crippen LogP contribution in [0.5, 0.6) is 5.75 Å². The van der Waals surface area contributed by atoms with E-state index in [-0.39, 0.29) is 12.5 Å². The first-order valence-corrected chi connectivity index (χ1v) is 7.23. The largest absolute Gasteiger partial charge is 0.484 e. The molecule has 0 bridgehead atoms. The van der Waals surface area contributed by atoms with Crippen molar-refractivity contribution in [2.75, 3.05) is 26.7 Å². The van der Waals surface area contributed by atoms with Gasteiger partial charge in [-0.15, -0.1) is 0 Å². The molecule has 2 unspecified atom stereocenters. The van der Waals surface area contributed by atoms with Crippen molar-refractivity contribution in [1.29, 1.82) is 0 Å². The van der Waals surface area contributed by atoms with E-state index < -0.39 is 0 Å². The molecule has 0 aromatic heterocycles. The Kier molecular flexibility index (Phi) is 4.89. The SMILES string of the molecule is CC1CN(C(=O)COc2ccc(Cl)cc2)CC(C)N1C. The lowest BCUT2D eigenvalue weighted by Gasteiger charge is -2.42. The lowest BCUT2D eigenvalue weighted by molar-refractivity contribution is -0.137. The summed E-state index contributed by atoms with van der Waals surface area (Å²) in [6.45, 7) is 5.85. The van der Waals surface area contributed by atoms with E-state index in [1.54, 1.807) is 24.3 Å². The van der Waals surface area contributed by atoms with E-state index in [0.29, 0.717) is 22.9 Å². The van der Waals surface area contributed by atoms with Crippen molar-refractivity contribution in [2.45, 2.75) is 25.9 Å². The van der Waals surface area contributed by atoms with Crippen molar-refractivity contribution in [3.63, 3.8) is 0 Å². The minimum absolute atomic E-state index is 0.0340. The van der Waals surface area contributed by atoms with Gasteiger partial charge in [-0.05, 0) is 45.2 Å². The van der Waals surface area contributed by atoms with Crippen molar-refractivity contribution in [3.05, 3.63) is 29.3 Å². The van der Waals surface area contributed by atoms with Gasteiger partial charge in [-0.25, -0.2) is 0 Å². The van der Waals surface area contributed by atoms with Crippen LogP contribution >= 0.6 is 11.6 Å². The molecule has 2 rings (SSSR count). The third-order valence-electron chi connectivity index (χ3n) is 3.89. The number of carbonyl (C=O) groups is 1. The molecule has 0 saturated carbocycles. The van der Waals surface area contributed by atoms with E-state index in [9.17, 15) is 4.79 Å². The molecule has 1 heterocycles. The van der Waals surface area contributed by atoms with Crippen LogP contribution < -0.4 is 4.74 Å². The maximum absolute atomic E-state index is 12.2. The van der Waals surface area contributed by atoms with Crippen LogP contribution in [0.25, 0.3) is 0 Å². The summed E-state index contributed by atoms with van der Waals surface area (Å²) >= 11 is 5.81. The lowest BCUT2D eigenvalue weighted by atomic mass is 10.1. The predicted molar refractivity (Wildman–Crippen MR) is 80.2 cm³/mol. The van der Waals surface area contributed by atoms with Gasteiger partial charge in [-0.3, -0.25) is 9.69 Å². The zero-order valence-electron chi connectivity index (χ0n) is 12.2. The van der Waals surface area contributed by atoms with Crippen LogP contribution in [0.2, 0.25) is 5.02 Å². The van der Waals surface area contributed by atoms with Gasteiger partial charge in [0.15, 0.2) is 6.61 Å². The molecular weight excluding hydrogens is 276 g/mol. The summed E-state index contributed by atoms with van der Waals surface area (Å²) in [5.41, 5.74) is 0. The van der Waals surface area contributed by atoms with Gasteiger partial charge in [0.1, 0.15) is 5.75 Å². The van der Waals surface area contributed by atoms with Crippen molar-refractivity contribution < 1.29 is 9.53 Å². The van der Waals surface area contributed by atoms with Gasteiger partial charge in [0.05, 0.1) is 0 Å². The maximum Gasteiger partial charge on any atom is 0.260 e. The molecular formula is C15H21ClN2O2. The molecule has 1 aromatic carbocycles. The molecule has 1 saturated heterocycles. The number of ether oxygens (including phenoxy) is 1. The predicted octanol–water partition coefficient (Wildman–Crippen LogP) is 2.27. The van der Waals surface area contributed by atoms with Crippen LogP contribution in [0, 0.1) is 0 Å². The fourth-order valence-electron chi connectivity index (χ4n) is 2.38. The highest BCUT2D eigenvalue weighted by atomic mass is 35.5. The first-order valence-electron chi connectivity index (χ1n) is 6.85. The van der Waals surface area contributed by atoms with Gasteiger partial charge in [0, 0.05) is 30.2 Å². The summed E-state index contributed by atoms with van der Waals surface area (Å²) in [5.74, 6) is 0.699. The molecule has 5 heteroatoms. The zero-order chi connectivity index (χ0) is 14.7. The van der Waals surface area contributed by atoms with Gasteiger partial charge in [-0.1, -0.05) is 11.6 Å². The lowest BCUT2D eigenvalue weighted by Crippen LogP contribution is -2.57. The number of piperazine rings is 1. The first kappa shape index (κ1) is 15.1. The Morgan fingerprint density at radius 2 is 1.80 bits per heavy atom. The fourth-order valence-corrected chi connectivity index (χ4v) is 2.50. The van der Waals surface area contributed by atoms with Crippen molar-refractivity contribution in [2.24, 2.45) is 0 Å². The Morgan fingerprint density at radius 1 is 1.25 bits per heavy atom. The van der Waals surface area contributed by atoms with Crippen LogP contribution in [-0.4, -0.2) is 54.5 Å². The normalized spacial score (nSPS) is 23.7. The molecule has 4 nitrogen and oxygen atoms in total. The second-order valence-corrected chi connectivity index (χ2v) is 5.84. The maximum atomic E-state index is 12.2. The molecule has 110 valence electrons. The Morgan fingerprint density at radius 3 is 2.35 bits per heavy atom. The van der Waals surface area contributed by atoms with E-state index in [2.05, 4.69) is 25.8 Å². The second-order valence-electron chi connectivity index (χ2n) is 5.40. The summed E-state index contributed by atoms with van der Waals surface area (Å²) in [7, 11) is 2.10. The summed E-state index contributed by atoms with van der Waals surface area (Å²) in [5, 5.41) is 0.658. The third-order valence-corrected chi connectivity index (χ3v) is 4.14. The summed E-state index contributed by atoms with van der Waals surface area (Å²) in [4.78, 5) is 16.4. The minimum atomic E-state index is 0.0340. The molecule has 1 fully saturated rings. The fraction of sp³-hybridized carbons (Fsp3) is 0.533. The number of nitrogens with zero attached hydrogens (tertiary/aromatic N) is 2. The van der Waals surface area contributed by atoms with E-state index in [1.165, 1.54) is 0 Å². The molecule has 1 aliphatic heterocycles. The van der Waals surface area contributed by atoms with E-state index in [0.717, 1.165) is 13.1 Å².